The number of nitrogens with one attached hydrogen (secondary N) is 2. The third-order valence-electron chi connectivity index (χ3n) is 3.42. The maximum atomic E-state index is 9.99. The van der Waals surface area contributed by atoms with Crippen LogP contribution in [0.2, 0.25) is 0 Å². The Balaban J connectivity index is 1.83. The summed E-state index contributed by atoms with van der Waals surface area (Å²) in [7, 11) is 0. The molecule has 116 valence electrons. The topological polar surface area (TPSA) is 72.8 Å². The van der Waals surface area contributed by atoms with Gasteiger partial charge in [0.25, 0.3) is 0 Å². The summed E-state index contributed by atoms with van der Waals surface area (Å²) in [6, 6.07) is 13.6. The number of azo groups is 1. The molecule has 3 N–H and O–H groups in total. The summed E-state index contributed by atoms with van der Waals surface area (Å²) in [5, 5.41) is 22.1. The van der Waals surface area contributed by atoms with Gasteiger partial charge in [-0.3, -0.25) is 0 Å². The zero-order chi connectivity index (χ0) is 16.4. The lowest BCUT2D eigenvalue weighted by molar-refractivity contribution is 0.459. The van der Waals surface area contributed by atoms with Crippen LogP contribution in [0.15, 0.2) is 52.7 Å². The van der Waals surface area contributed by atoms with Gasteiger partial charge < -0.3 is 15.4 Å². The molecule has 3 rings (SSSR count). The molecule has 5 nitrogen and oxygen atoms in total. The van der Waals surface area contributed by atoms with Crippen LogP contribution in [0.25, 0.3) is 10.9 Å². The third-order valence-corrected chi connectivity index (χ3v) is 3.60. The molecule has 0 unspecified atom stereocenters. The number of aromatic amines is 1. The van der Waals surface area contributed by atoms with Crippen LogP contribution in [0, 0.1) is 13.8 Å². The van der Waals surface area contributed by atoms with E-state index in [2.05, 4.69) is 20.5 Å². The highest BCUT2D eigenvalue weighted by Gasteiger charge is 2.10. The number of aromatic hydroxyl groups is 1. The Bertz CT molecular complexity index is 914. The Hall–Kier alpha value is -2.73. The van der Waals surface area contributed by atoms with Crippen LogP contribution in [0.5, 0.6) is 5.88 Å². The van der Waals surface area contributed by atoms with Crippen molar-refractivity contribution in [3.63, 3.8) is 0 Å². The van der Waals surface area contributed by atoms with Gasteiger partial charge in [0.1, 0.15) is 0 Å². The second kappa shape index (κ2) is 6.18. The van der Waals surface area contributed by atoms with Gasteiger partial charge in [-0.1, -0.05) is 23.8 Å². The highest BCUT2D eigenvalue weighted by Crippen LogP contribution is 2.35. The molecule has 3 aromatic rings. The number of hydrogen-bond acceptors (Lipinski definition) is 3. The number of rotatable bonds is 2. The van der Waals surface area contributed by atoms with E-state index in [0.29, 0.717) is 5.69 Å². The Morgan fingerprint density at radius 3 is 2.70 bits per heavy atom. The van der Waals surface area contributed by atoms with Crippen molar-refractivity contribution in [3.8, 4) is 5.88 Å². The first-order valence-corrected chi connectivity index (χ1v) is 7.54. The van der Waals surface area contributed by atoms with Crippen LogP contribution in [-0.4, -0.2) is 15.2 Å². The van der Waals surface area contributed by atoms with Crippen molar-refractivity contribution in [3.05, 3.63) is 53.6 Å². The van der Waals surface area contributed by atoms with Gasteiger partial charge in [0.15, 0.2) is 5.69 Å². The molecule has 0 bridgehead atoms. The Morgan fingerprint density at radius 1 is 1.13 bits per heavy atom. The molecule has 0 amide bonds. The first-order chi connectivity index (χ1) is 11.0. The van der Waals surface area contributed by atoms with Crippen LogP contribution in [0.3, 0.4) is 0 Å². The predicted molar refractivity (Wildman–Crippen MR) is 96.6 cm³/mol. The highest BCUT2D eigenvalue weighted by atomic mass is 32.1. The first-order valence-electron chi connectivity index (χ1n) is 7.13. The molecule has 0 atom stereocenters. The van der Waals surface area contributed by atoms with E-state index in [-0.39, 0.29) is 11.0 Å². The van der Waals surface area contributed by atoms with Crippen LogP contribution in [-0.2, 0) is 0 Å². The number of thiocarbonyl (C=S) groups is 1. The molecule has 6 heteroatoms. The molecular weight excluding hydrogens is 308 g/mol. The maximum Gasteiger partial charge on any atom is 0.218 e. The number of hydrogen-bond donors (Lipinski definition) is 3. The van der Waals surface area contributed by atoms with E-state index in [0.717, 1.165) is 27.7 Å². The zero-order valence-electron chi connectivity index (χ0n) is 12.8. The number of benzene rings is 2. The van der Waals surface area contributed by atoms with Gasteiger partial charge in [0, 0.05) is 11.1 Å². The number of H-pyrrole nitrogens is 1. The van der Waals surface area contributed by atoms with Crippen molar-refractivity contribution in [2.75, 3.05) is 5.32 Å². The summed E-state index contributed by atoms with van der Waals surface area (Å²) in [6.45, 7) is 3.98. The van der Waals surface area contributed by atoms with E-state index in [4.69, 9.17) is 12.2 Å². The van der Waals surface area contributed by atoms with Crippen LogP contribution < -0.4 is 5.32 Å². The van der Waals surface area contributed by atoms with Gasteiger partial charge in [-0.25, -0.2) is 0 Å². The lowest BCUT2D eigenvalue weighted by Crippen LogP contribution is -2.04. The van der Waals surface area contributed by atoms with E-state index in [1.54, 1.807) is 0 Å². The molecule has 0 saturated carbocycles. The highest BCUT2D eigenvalue weighted by molar-refractivity contribution is 7.80. The minimum atomic E-state index is -0.0206. The molecule has 0 radical (unpaired) electrons. The molecule has 0 aliphatic carbocycles. The Labute approximate surface area is 139 Å². The van der Waals surface area contributed by atoms with Crippen molar-refractivity contribution >= 4 is 39.6 Å². The van der Waals surface area contributed by atoms with Crippen LogP contribution in [0.4, 0.5) is 11.4 Å². The quantitative estimate of drug-likeness (QED) is 0.460. The van der Waals surface area contributed by atoms with Crippen molar-refractivity contribution < 1.29 is 5.11 Å². The zero-order valence-corrected chi connectivity index (χ0v) is 13.6. The van der Waals surface area contributed by atoms with E-state index < -0.39 is 0 Å². The summed E-state index contributed by atoms with van der Waals surface area (Å²) in [5.74, 6) is -0.0206. The summed E-state index contributed by atoms with van der Waals surface area (Å²) in [4.78, 5) is 2.87. The fourth-order valence-corrected chi connectivity index (χ4v) is 2.50. The molecule has 2 aromatic carbocycles. The summed E-state index contributed by atoms with van der Waals surface area (Å²) in [5.41, 5.74) is 4.25. The largest absolute Gasteiger partial charge is 0.493 e. The summed E-state index contributed by atoms with van der Waals surface area (Å²) >= 11 is 5.18. The van der Waals surface area contributed by atoms with Gasteiger partial charge in [-0.15, -0.1) is 10.2 Å². The van der Waals surface area contributed by atoms with Gasteiger partial charge in [0.2, 0.25) is 11.0 Å². The van der Waals surface area contributed by atoms with Gasteiger partial charge in [-0.2, -0.15) is 0 Å². The monoisotopic (exact) mass is 324 g/mol. The van der Waals surface area contributed by atoms with E-state index in [1.807, 2.05) is 56.3 Å². The maximum absolute atomic E-state index is 9.99. The molecule has 1 heterocycles. The van der Waals surface area contributed by atoms with Crippen molar-refractivity contribution in [2.45, 2.75) is 13.8 Å². The second-order valence-corrected chi connectivity index (χ2v) is 5.76. The van der Waals surface area contributed by atoms with Crippen molar-refractivity contribution in [1.82, 2.24) is 4.98 Å². The predicted octanol–water partition coefficient (Wildman–Crippen LogP) is 4.97. The minimum absolute atomic E-state index is 0.0206. The van der Waals surface area contributed by atoms with Crippen LogP contribution >= 0.6 is 12.2 Å². The van der Waals surface area contributed by atoms with Crippen molar-refractivity contribution in [2.24, 2.45) is 10.2 Å². The number of anilines is 1. The second-order valence-electron chi connectivity index (χ2n) is 5.37. The van der Waals surface area contributed by atoms with Crippen molar-refractivity contribution in [1.29, 1.82) is 0 Å². The molecule has 0 fully saturated rings. The molecule has 0 spiro atoms. The van der Waals surface area contributed by atoms with Gasteiger partial charge >= 0.3 is 0 Å². The van der Waals surface area contributed by atoms with Gasteiger partial charge in [-0.05, 0) is 55.9 Å². The smallest absolute Gasteiger partial charge is 0.218 e. The Kier molecular flexibility index (Phi) is 4.08. The van der Waals surface area contributed by atoms with Gasteiger partial charge in [0.05, 0.1) is 5.52 Å². The standard InChI is InChI=1S/C17H16N4OS/c1-10-4-3-5-12(8-10)18-17(23)21-20-15-13-9-11(2)6-7-14(13)19-16(15)22/h3-9,19,22H,1-2H3,(H,18,23). The van der Waals surface area contributed by atoms with E-state index in [9.17, 15) is 5.11 Å². The number of fused-ring (bicyclic) bond motifs is 1. The molecule has 0 aliphatic heterocycles. The Morgan fingerprint density at radius 2 is 1.91 bits per heavy atom. The normalized spacial score (nSPS) is 11.2. The molecular formula is C17H16N4OS. The SMILES string of the molecule is Cc1cccc(NC(=S)N=Nc2c(O)[nH]c3ccc(C)cc23)c1. The van der Waals surface area contributed by atoms with E-state index in [1.165, 1.54) is 0 Å². The first kappa shape index (κ1) is 15.2. The summed E-state index contributed by atoms with van der Waals surface area (Å²) in [6.07, 6.45) is 0. The third kappa shape index (κ3) is 3.37. The number of aromatic nitrogens is 1. The molecule has 23 heavy (non-hydrogen) atoms. The lowest BCUT2D eigenvalue weighted by atomic mass is 10.2. The lowest BCUT2D eigenvalue weighted by Gasteiger charge is -2.03. The number of nitrogens with zero attached hydrogens (tertiary/aromatic N) is 2. The molecule has 0 aliphatic rings. The fraction of sp³-hybridized carbons (Fsp3) is 0.118. The fourth-order valence-electron chi connectivity index (χ4n) is 2.35. The van der Waals surface area contributed by atoms with Crippen LogP contribution in [0.1, 0.15) is 11.1 Å². The minimum Gasteiger partial charge on any atom is -0.493 e. The summed E-state index contributed by atoms with van der Waals surface area (Å²) < 4.78 is 0. The molecule has 1 aromatic heterocycles. The number of aryl methyl sites for hydroxylation is 2. The molecule has 0 saturated heterocycles. The average Bonchev–Trinajstić information content (AvgIpc) is 2.80. The average molecular weight is 324 g/mol. The van der Waals surface area contributed by atoms with E-state index >= 15 is 0 Å².